The van der Waals surface area contributed by atoms with E-state index in [0.717, 1.165) is 10.7 Å². The van der Waals surface area contributed by atoms with E-state index >= 15 is 0 Å². The first-order valence-electron chi connectivity index (χ1n) is 8.74. The van der Waals surface area contributed by atoms with Crippen LogP contribution in [0.25, 0.3) is 0 Å². The van der Waals surface area contributed by atoms with Gasteiger partial charge in [0.25, 0.3) is 11.6 Å². The van der Waals surface area contributed by atoms with Crippen molar-refractivity contribution in [3.63, 3.8) is 0 Å². The molecule has 3 rings (SSSR count). The Morgan fingerprint density at radius 2 is 2.09 bits per heavy atom. The number of nitro groups is 1. The number of nitro benzene ring substituents is 1. The third kappa shape index (κ3) is 6.46. The molecule has 0 aliphatic rings. The number of rotatable bonds is 9. The molecule has 0 saturated carbocycles. The Balaban J connectivity index is 1.54. The summed E-state index contributed by atoms with van der Waals surface area (Å²) in [5.74, 6) is -0.396. The Bertz CT molecular complexity index is 1110. The molecular weight excluding hydrogens is 461 g/mol. The molecule has 2 heterocycles. The summed E-state index contributed by atoms with van der Waals surface area (Å²) in [7, 11) is 0. The van der Waals surface area contributed by atoms with Gasteiger partial charge in [-0.25, -0.2) is 4.68 Å². The lowest BCUT2D eigenvalue weighted by molar-refractivity contribution is -0.384. The molecule has 0 saturated heterocycles. The number of ether oxygens (including phenoxy) is 2. The first-order chi connectivity index (χ1) is 15.1. The molecule has 3 aromatic rings. The summed E-state index contributed by atoms with van der Waals surface area (Å²) in [5.41, 5.74) is 0.0106. The minimum atomic E-state index is -4.45. The predicted octanol–water partition coefficient (Wildman–Crippen LogP) is 4.41. The second-order valence-electron chi connectivity index (χ2n) is 6.24. The maximum Gasteiger partial charge on any atom is 0.411 e. The van der Waals surface area contributed by atoms with Gasteiger partial charge in [-0.1, -0.05) is 11.6 Å². The normalized spacial score (nSPS) is 11.4. The van der Waals surface area contributed by atoms with Crippen LogP contribution in [0, 0.1) is 10.1 Å². The van der Waals surface area contributed by atoms with Gasteiger partial charge in [0.2, 0.25) is 0 Å². The molecule has 170 valence electrons. The van der Waals surface area contributed by atoms with Crippen LogP contribution in [0.5, 0.6) is 5.75 Å². The molecular formula is C18H14ClF3N4O6. The van der Waals surface area contributed by atoms with Gasteiger partial charge in [-0.05, 0) is 18.2 Å². The van der Waals surface area contributed by atoms with Gasteiger partial charge in [-0.15, -0.1) is 0 Å². The molecule has 0 aliphatic carbocycles. The van der Waals surface area contributed by atoms with Gasteiger partial charge in [-0.2, -0.15) is 18.3 Å². The number of halogens is 4. The number of alkyl halides is 3. The summed E-state index contributed by atoms with van der Waals surface area (Å²) in [4.78, 5) is 22.5. The summed E-state index contributed by atoms with van der Waals surface area (Å²) in [6, 6.07) is 6.56. The highest BCUT2D eigenvalue weighted by Crippen LogP contribution is 2.29. The van der Waals surface area contributed by atoms with E-state index in [0.29, 0.717) is 0 Å². The SMILES string of the molecule is O=C(Nc1cnn(COCC(F)(F)F)c1)c1ccc(COc2cc([N+](=O)[O-])ccc2Cl)o1. The Labute approximate surface area is 182 Å². The standard InChI is InChI=1S/C18H14ClF3N4O6/c19-14-3-1-12(26(28)29)5-16(14)31-8-13-2-4-15(32-13)17(27)24-11-6-23-25(7-11)10-30-9-18(20,21)22/h1-7H,8-10H2,(H,24,27). The maximum absolute atomic E-state index is 12.3. The molecule has 14 heteroatoms. The van der Waals surface area contributed by atoms with Crippen molar-refractivity contribution in [3.8, 4) is 5.75 Å². The van der Waals surface area contributed by atoms with Crippen LogP contribution in [-0.2, 0) is 18.1 Å². The average molecular weight is 475 g/mol. The zero-order valence-corrected chi connectivity index (χ0v) is 16.7. The molecule has 0 radical (unpaired) electrons. The Morgan fingerprint density at radius 3 is 2.81 bits per heavy atom. The highest BCUT2D eigenvalue weighted by molar-refractivity contribution is 6.32. The summed E-state index contributed by atoms with van der Waals surface area (Å²) >= 11 is 5.95. The molecule has 1 aromatic carbocycles. The average Bonchev–Trinajstić information content (AvgIpc) is 3.36. The Kier molecular flexibility index (Phi) is 7.00. The van der Waals surface area contributed by atoms with Gasteiger partial charge in [0, 0.05) is 6.07 Å². The molecule has 0 spiro atoms. The fourth-order valence-corrected chi connectivity index (χ4v) is 2.56. The largest absolute Gasteiger partial charge is 0.484 e. The molecule has 0 fully saturated rings. The number of anilines is 1. The smallest absolute Gasteiger partial charge is 0.411 e. The number of furan rings is 1. The Hall–Kier alpha value is -3.58. The van der Waals surface area contributed by atoms with Crippen molar-refractivity contribution in [2.45, 2.75) is 19.5 Å². The molecule has 0 atom stereocenters. The van der Waals surface area contributed by atoms with Gasteiger partial charge in [0.1, 0.15) is 31.5 Å². The van der Waals surface area contributed by atoms with Crippen LogP contribution in [0.15, 0.2) is 47.1 Å². The molecule has 0 unspecified atom stereocenters. The van der Waals surface area contributed by atoms with Gasteiger partial charge in [-0.3, -0.25) is 14.9 Å². The molecule has 0 bridgehead atoms. The number of carbonyl (C=O) groups is 1. The summed E-state index contributed by atoms with van der Waals surface area (Å²) in [6.07, 6.45) is -1.94. The number of carbonyl (C=O) groups excluding carboxylic acids is 1. The van der Waals surface area contributed by atoms with Crippen LogP contribution in [0.1, 0.15) is 16.3 Å². The zero-order chi connectivity index (χ0) is 23.3. The minimum Gasteiger partial charge on any atom is -0.484 e. The molecule has 1 amide bonds. The van der Waals surface area contributed by atoms with Crippen molar-refractivity contribution in [2.24, 2.45) is 0 Å². The second-order valence-corrected chi connectivity index (χ2v) is 6.65. The summed E-state index contributed by atoms with van der Waals surface area (Å²) in [6.45, 7) is -2.02. The van der Waals surface area contributed by atoms with E-state index in [1.165, 1.54) is 36.7 Å². The van der Waals surface area contributed by atoms with E-state index in [1.807, 2.05) is 0 Å². The third-order valence-electron chi connectivity index (χ3n) is 3.76. The number of amides is 1. The first-order valence-corrected chi connectivity index (χ1v) is 9.12. The van der Waals surface area contributed by atoms with E-state index < -0.39 is 30.3 Å². The second kappa shape index (κ2) is 9.70. The fraction of sp³-hybridized carbons (Fsp3) is 0.222. The van der Waals surface area contributed by atoms with Crippen LogP contribution in [0.4, 0.5) is 24.5 Å². The number of hydrogen-bond donors (Lipinski definition) is 1. The predicted molar refractivity (Wildman–Crippen MR) is 103 cm³/mol. The number of non-ortho nitro benzene ring substituents is 1. The van der Waals surface area contributed by atoms with Crippen molar-refractivity contribution in [1.29, 1.82) is 0 Å². The molecule has 2 aromatic heterocycles. The number of aromatic nitrogens is 2. The van der Waals surface area contributed by atoms with Gasteiger partial charge in [0.05, 0.1) is 34.1 Å². The number of benzene rings is 1. The van der Waals surface area contributed by atoms with Crippen LogP contribution >= 0.6 is 11.6 Å². The monoisotopic (exact) mass is 474 g/mol. The fourth-order valence-electron chi connectivity index (χ4n) is 2.39. The lowest BCUT2D eigenvalue weighted by Crippen LogP contribution is -2.18. The maximum atomic E-state index is 12.3. The number of hydrogen-bond acceptors (Lipinski definition) is 7. The van der Waals surface area contributed by atoms with Crippen molar-refractivity contribution in [1.82, 2.24) is 9.78 Å². The molecule has 32 heavy (non-hydrogen) atoms. The van der Waals surface area contributed by atoms with Crippen molar-refractivity contribution >= 4 is 28.9 Å². The first kappa shape index (κ1) is 23.1. The van der Waals surface area contributed by atoms with Crippen LogP contribution < -0.4 is 10.1 Å². The molecule has 10 nitrogen and oxygen atoms in total. The Morgan fingerprint density at radius 1 is 1.31 bits per heavy atom. The topological polar surface area (TPSA) is 122 Å². The number of nitrogens with one attached hydrogen (secondary N) is 1. The highest BCUT2D eigenvalue weighted by Gasteiger charge is 2.27. The minimum absolute atomic E-state index is 0.0726. The summed E-state index contributed by atoms with van der Waals surface area (Å²) < 4.78 is 52.6. The van der Waals surface area contributed by atoms with Gasteiger partial charge >= 0.3 is 6.18 Å². The van der Waals surface area contributed by atoms with E-state index in [1.54, 1.807) is 0 Å². The van der Waals surface area contributed by atoms with Crippen LogP contribution in [0.3, 0.4) is 0 Å². The van der Waals surface area contributed by atoms with Crippen LogP contribution in [-0.4, -0.2) is 33.4 Å². The third-order valence-corrected chi connectivity index (χ3v) is 4.07. The van der Waals surface area contributed by atoms with E-state index in [4.69, 9.17) is 20.8 Å². The van der Waals surface area contributed by atoms with Gasteiger partial charge < -0.3 is 19.2 Å². The molecule has 0 aliphatic heterocycles. The zero-order valence-electron chi connectivity index (χ0n) is 16.0. The van der Waals surface area contributed by atoms with E-state index in [-0.39, 0.29) is 40.3 Å². The van der Waals surface area contributed by atoms with Crippen molar-refractivity contribution < 1.29 is 36.8 Å². The van der Waals surface area contributed by atoms with Crippen molar-refractivity contribution in [3.05, 3.63) is 69.4 Å². The highest BCUT2D eigenvalue weighted by atomic mass is 35.5. The lowest BCUT2D eigenvalue weighted by Gasteiger charge is -2.07. The molecule has 1 N–H and O–H groups in total. The van der Waals surface area contributed by atoms with Gasteiger partial charge in [0.15, 0.2) is 5.76 Å². The lowest BCUT2D eigenvalue weighted by atomic mass is 10.3. The quantitative estimate of drug-likeness (QED) is 0.360. The summed E-state index contributed by atoms with van der Waals surface area (Å²) in [5, 5.41) is 17.3. The van der Waals surface area contributed by atoms with Crippen molar-refractivity contribution in [2.75, 3.05) is 11.9 Å². The van der Waals surface area contributed by atoms with E-state index in [9.17, 15) is 28.1 Å². The van der Waals surface area contributed by atoms with Crippen LogP contribution in [0.2, 0.25) is 5.02 Å². The number of nitrogens with zero attached hydrogens (tertiary/aromatic N) is 3. The van der Waals surface area contributed by atoms with E-state index in [2.05, 4.69) is 15.2 Å².